The van der Waals surface area contributed by atoms with Crippen LogP contribution in [0.5, 0.6) is 5.75 Å². The maximum atomic E-state index is 13.5. The van der Waals surface area contributed by atoms with E-state index in [9.17, 15) is 14.4 Å². The average Bonchev–Trinajstić information content (AvgIpc) is 2.86. The molecule has 0 unspecified atom stereocenters. The first kappa shape index (κ1) is 23.7. The van der Waals surface area contributed by atoms with Crippen molar-refractivity contribution in [1.82, 2.24) is 0 Å². The van der Waals surface area contributed by atoms with E-state index in [1.165, 1.54) is 45.5 Å². The maximum absolute atomic E-state index is 13.5. The van der Waals surface area contributed by atoms with E-state index in [0.29, 0.717) is 34.9 Å². The molecule has 4 fully saturated rings. The summed E-state index contributed by atoms with van der Waals surface area (Å²) in [5.41, 5.74) is 0.972. The van der Waals surface area contributed by atoms with Gasteiger partial charge in [-0.3, -0.25) is 4.79 Å². The van der Waals surface area contributed by atoms with Crippen LogP contribution in [0.2, 0.25) is 0 Å². The Balaban J connectivity index is 1.42. The summed E-state index contributed by atoms with van der Waals surface area (Å²) in [6.07, 6.45) is 6.73. The van der Waals surface area contributed by atoms with E-state index >= 15 is 0 Å². The number of hydrogen-bond donors (Lipinski definition) is 1. The van der Waals surface area contributed by atoms with E-state index in [1.54, 1.807) is 18.2 Å². The van der Waals surface area contributed by atoms with Gasteiger partial charge in [-0.2, -0.15) is 0 Å². The van der Waals surface area contributed by atoms with Crippen LogP contribution in [-0.2, 0) is 28.6 Å². The molecule has 0 spiro atoms. The highest BCUT2D eigenvalue weighted by Gasteiger charge is 2.54. The molecule has 1 heterocycles. The summed E-state index contributed by atoms with van der Waals surface area (Å²) in [5, 5.41) is 3.14. The number of esters is 2. The molecule has 4 aliphatic carbocycles. The molecular formula is C26H32N2O7. The number of hydrogen-bond acceptors (Lipinski definition) is 8. The Kier molecular flexibility index (Phi) is 6.21. The number of carbonyl (C=O) groups excluding carboxylic acids is 3. The first-order valence-electron chi connectivity index (χ1n) is 12.1. The zero-order valence-electron chi connectivity index (χ0n) is 20.4. The highest BCUT2D eigenvalue weighted by molar-refractivity contribution is 6.03. The molecule has 1 amide bonds. The van der Waals surface area contributed by atoms with Gasteiger partial charge in [0.05, 0.1) is 44.6 Å². The van der Waals surface area contributed by atoms with Gasteiger partial charge >= 0.3 is 11.9 Å². The van der Waals surface area contributed by atoms with E-state index in [2.05, 4.69) is 5.32 Å². The molecule has 5 aliphatic rings. The maximum Gasteiger partial charge on any atom is 0.355 e. The molecule has 0 radical (unpaired) electrons. The smallest absolute Gasteiger partial charge is 0.355 e. The van der Waals surface area contributed by atoms with Crippen molar-refractivity contribution in [2.24, 2.45) is 23.2 Å². The minimum atomic E-state index is -0.674. The van der Waals surface area contributed by atoms with Gasteiger partial charge in [0.1, 0.15) is 18.2 Å². The summed E-state index contributed by atoms with van der Waals surface area (Å²) in [6.45, 7) is -0.0307. The summed E-state index contributed by atoms with van der Waals surface area (Å²) in [6, 6.07) is 5.22. The lowest BCUT2D eigenvalue weighted by Crippen LogP contribution is -2.51. The molecule has 1 aliphatic heterocycles. The van der Waals surface area contributed by atoms with Gasteiger partial charge in [-0.05, 0) is 68.4 Å². The second kappa shape index (κ2) is 9.18. The summed E-state index contributed by atoms with van der Waals surface area (Å²) in [7, 11) is 4.03. The Morgan fingerprint density at radius 1 is 0.971 bits per heavy atom. The van der Waals surface area contributed by atoms with Crippen LogP contribution in [0.4, 0.5) is 11.4 Å². The fourth-order valence-electron chi connectivity index (χ4n) is 6.94. The molecule has 0 aromatic heterocycles. The summed E-state index contributed by atoms with van der Waals surface area (Å²) >= 11 is 0. The molecule has 4 bridgehead atoms. The predicted molar refractivity (Wildman–Crippen MR) is 127 cm³/mol. The van der Waals surface area contributed by atoms with Crippen molar-refractivity contribution in [3.05, 3.63) is 29.5 Å². The Bertz CT molecular complexity index is 1040. The topological polar surface area (TPSA) is 103 Å². The molecule has 1 N–H and O–H groups in total. The third kappa shape index (κ3) is 4.16. The second-order valence-electron chi connectivity index (χ2n) is 10.3. The fourth-order valence-corrected chi connectivity index (χ4v) is 6.94. The predicted octanol–water partition coefficient (Wildman–Crippen LogP) is 3.24. The van der Waals surface area contributed by atoms with E-state index in [1.807, 2.05) is 0 Å². The summed E-state index contributed by atoms with van der Waals surface area (Å²) in [4.78, 5) is 39.9. The van der Waals surface area contributed by atoms with Gasteiger partial charge in [-0.1, -0.05) is 0 Å². The number of anilines is 2. The SMILES string of the molecule is COC(=O)C1=C(C(=O)OC)N(c2ccc(NC(=O)C34CC5CC(CC(C5)C3)C4)c(OC)c2)COC1. The fraction of sp³-hybridized carbons (Fsp3) is 0.577. The van der Waals surface area contributed by atoms with Crippen LogP contribution in [0.3, 0.4) is 0 Å². The lowest BCUT2D eigenvalue weighted by Gasteiger charge is -2.55. The van der Waals surface area contributed by atoms with Gasteiger partial charge in [0.15, 0.2) is 0 Å². The minimum absolute atomic E-state index is 0.0348. The van der Waals surface area contributed by atoms with Gasteiger partial charge in [-0.25, -0.2) is 9.59 Å². The van der Waals surface area contributed by atoms with E-state index in [0.717, 1.165) is 19.3 Å². The zero-order chi connectivity index (χ0) is 24.7. The molecule has 9 heteroatoms. The standard InChI is InChI=1S/C26H32N2O7/c1-32-21-9-18(28-14-35-13-19(23(29)33-2)22(28)24(30)34-3)4-5-20(21)27-25(31)26-10-15-6-16(11-26)8-17(7-15)12-26/h4-5,9,15-17H,6-8,10-14H2,1-3H3,(H,27,31). The summed E-state index contributed by atoms with van der Waals surface area (Å²) < 4.78 is 20.9. The molecular weight excluding hydrogens is 452 g/mol. The van der Waals surface area contributed by atoms with Gasteiger partial charge in [0.2, 0.25) is 5.91 Å². The van der Waals surface area contributed by atoms with Gasteiger partial charge < -0.3 is 29.2 Å². The third-order valence-corrected chi connectivity index (χ3v) is 8.10. The Morgan fingerprint density at radius 3 is 2.17 bits per heavy atom. The first-order chi connectivity index (χ1) is 16.9. The van der Waals surface area contributed by atoms with Gasteiger partial charge in [-0.15, -0.1) is 0 Å². The van der Waals surface area contributed by atoms with Crippen LogP contribution in [0.15, 0.2) is 29.5 Å². The minimum Gasteiger partial charge on any atom is -0.494 e. The lowest BCUT2D eigenvalue weighted by atomic mass is 9.49. The molecule has 4 saturated carbocycles. The second-order valence-corrected chi connectivity index (χ2v) is 10.3. The number of amides is 1. The van der Waals surface area contributed by atoms with Crippen LogP contribution in [0.25, 0.3) is 0 Å². The molecule has 1 aromatic carbocycles. The third-order valence-electron chi connectivity index (χ3n) is 8.10. The largest absolute Gasteiger partial charge is 0.494 e. The summed E-state index contributed by atoms with van der Waals surface area (Å²) in [5.74, 6) is 1.20. The molecule has 35 heavy (non-hydrogen) atoms. The highest BCUT2D eigenvalue weighted by Crippen LogP contribution is 2.60. The van der Waals surface area contributed by atoms with Crippen LogP contribution >= 0.6 is 0 Å². The van der Waals surface area contributed by atoms with Crippen molar-refractivity contribution in [2.75, 3.05) is 44.9 Å². The number of rotatable bonds is 6. The van der Waals surface area contributed by atoms with Crippen LogP contribution < -0.4 is 15.0 Å². The van der Waals surface area contributed by atoms with Crippen LogP contribution in [0.1, 0.15) is 38.5 Å². The van der Waals surface area contributed by atoms with Crippen molar-refractivity contribution in [2.45, 2.75) is 38.5 Å². The molecule has 0 atom stereocenters. The molecule has 9 nitrogen and oxygen atoms in total. The van der Waals surface area contributed by atoms with E-state index in [4.69, 9.17) is 18.9 Å². The number of nitrogens with zero attached hydrogens (tertiary/aromatic N) is 1. The van der Waals surface area contributed by atoms with Crippen LogP contribution in [0, 0.1) is 23.2 Å². The van der Waals surface area contributed by atoms with Gasteiger partial charge in [0.25, 0.3) is 0 Å². The van der Waals surface area contributed by atoms with Crippen molar-refractivity contribution < 1.29 is 33.3 Å². The highest BCUT2D eigenvalue weighted by atomic mass is 16.5. The van der Waals surface area contributed by atoms with Crippen molar-refractivity contribution in [3.8, 4) is 5.75 Å². The van der Waals surface area contributed by atoms with Crippen molar-refractivity contribution in [3.63, 3.8) is 0 Å². The number of benzene rings is 1. The lowest BCUT2D eigenvalue weighted by molar-refractivity contribution is -0.140. The average molecular weight is 485 g/mol. The van der Waals surface area contributed by atoms with E-state index in [-0.39, 0.29) is 35.9 Å². The molecule has 0 saturated heterocycles. The molecule has 188 valence electrons. The van der Waals surface area contributed by atoms with Crippen LogP contribution in [-0.4, -0.2) is 52.5 Å². The van der Waals surface area contributed by atoms with Gasteiger partial charge in [0, 0.05) is 11.8 Å². The van der Waals surface area contributed by atoms with Crippen molar-refractivity contribution >= 4 is 29.2 Å². The molecule has 6 rings (SSSR count). The Labute approximate surface area is 204 Å². The Hall–Kier alpha value is -3.07. The van der Waals surface area contributed by atoms with E-state index < -0.39 is 11.9 Å². The Morgan fingerprint density at radius 2 is 1.60 bits per heavy atom. The zero-order valence-corrected chi connectivity index (χ0v) is 20.4. The monoisotopic (exact) mass is 484 g/mol. The number of methoxy groups -OCH3 is 3. The number of ether oxygens (including phenoxy) is 4. The normalized spacial score (nSPS) is 29.1. The number of carbonyl (C=O) groups is 3. The quantitative estimate of drug-likeness (QED) is 0.614. The molecule has 1 aromatic rings. The number of nitrogens with one attached hydrogen (secondary N) is 1. The first-order valence-corrected chi connectivity index (χ1v) is 12.1. The van der Waals surface area contributed by atoms with Crippen molar-refractivity contribution in [1.29, 1.82) is 0 Å².